The molecule has 0 bridgehead atoms. The molecule has 0 spiro atoms. The van der Waals surface area contributed by atoms with Crippen molar-refractivity contribution in [2.45, 2.75) is 64.8 Å². The van der Waals surface area contributed by atoms with Gasteiger partial charge in [0.2, 0.25) is 0 Å². The molecule has 0 aliphatic carbocycles. The van der Waals surface area contributed by atoms with Gasteiger partial charge in [0.25, 0.3) is 0 Å². The lowest BCUT2D eigenvalue weighted by Gasteiger charge is -2.33. The number of nitrogens with one attached hydrogen (secondary N) is 1. The highest BCUT2D eigenvalue weighted by atomic mass is 32.1. The third kappa shape index (κ3) is 2.80. The quantitative estimate of drug-likeness (QED) is 0.856. The summed E-state index contributed by atoms with van der Waals surface area (Å²) in [5.41, 5.74) is 0.636. The van der Waals surface area contributed by atoms with Crippen molar-refractivity contribution >= 4 is 11.3 Å². The molecule has 1 fully saturated rings. The van der Waals surface area contributed by atoms with Crippen molar-refractivity contribution < 1.29 is 0 Å². The van der Waals surface area contributed by atoms with Crippen LogP contribution in [0.4, 0.5) is 0 Å². The highest BCUT2D eigenvalue weighted by Gasteiger charge is 2.37. The first-order chi connectivity index (χ1) is 8.33. The molecule has 1 N–H and O–H groups in total. The average Bonchev–Trinajstić information content (AvgIpc) is 2.86. The lowest BCUT2D eigenvalue weighted by molar-refractivity contribution is 0.271. The summed E-state index contributed by atoms with van der Waals surface area (Å²) in [5.74, 6) is 0.709. The fraction of sp³-hybridized carbons (Fsp3) is 0.750. The maximum absolute atomic E-state index is 3.77. The first-order valence-electron chi connectivity index (χ1n) is 7.18. The predicted octanol–water partition coefficient (Wildman–Crippen LogP) is 4.37. The Morgan fingerprint density at radius 1 is 1.33 bits per heavy atom. The molecule has 1 aromatic heterocycles. The van der Waals surface area contributed by atoms with Crippen LogP contribution in [0.3, 0.4) is 0 Å². The third-order valence-electron chi connectivity index (χ3n) is 4.27. The van der Waals surface area contributed by atoms with Gasteiger partial charge >= 0.3 is 0 Å². The molecule has 0 saturated carbocycles. The summed E-state index contributed by atoms with van der Waals surface area (Å²) < 4.78 is 0. The van der Waals surface area contributed by atoms with Crippen LogP contribution < -0.4 is 5.32 Å². The van der Waals surface area contributed by atoms with E-state index in [9.17, 15) is 0 Å². The van der Waals surface area contributed by atoms with Gasteiger partial charge in [-0.15, -0.1) is 11.3 Å². The molecule has 102 valence electrons. The maximum Gasteiger partial charge on any atom is 0.0253 e. The number of hydrogen-bond acceptors (Lipinski definition) is 2. The van der Waals surface area contributed by atoms with Crippen LogP contribution in [0.1, 0.15) is 57.2 Å². The maximum atomic E-state index is 3.77. The zero-order chi connectivity index (χ0) is 13.4. The van der Waals surface area contributed by atoms with Crippen LogP contribution in [0.2, 0.25) is 0 Å². The number of rotatable bonds is 3. The second kappa shape index (κ2) is 4.97. The Kier molecular flexibility index (Phi) is 3.89. The van der Waals surface area contributed by atoms with E-state index in [4.69, 9.17) is 0 Å². The molecule has 0 aromatic carbocycles. The van der Waals surface area contributed by atoms with Gasteiger partial charge in [-0.05, 0) is 42.9 Å². The van der Waals surface area contributed by atoms with Crippen LogP contribution in [-0.4, -0.2) is 12.1 Å². The molecule has 2 heterocycles. The van der Waals surface area contributed by atoms with Crippen LogP contribution in [0, 0.1) is 5.92 Å². The van der Waals surface area contributed by atoms with Crippen molar-refractivity contribution in [3.8, 4) is 0 Å². The van der Waals surface area contributed by atoms with Crippen LogP contribution in [-0.2, 0) is 11.8 Å². The van der Waals surface area contributed by atoms with E-state index in [1.54, 1.807) is 4.88 Å². The van der Waals surface area contributed by atoms with Gasteiger partial charge in [0.15, 0.2) is 0 Å². The summed E-state index contributed by atoms with van der Waals surface area (Å²) in [6.07, 6.45) is 3.86. The van der Waals surface area contributed by atoms with E-state index in [-0.39, 0.29) is 5.41 Å². The lowest BCUT2D eigenvalue weighted by Crippen LogP contribution is -2.46. The van der Waals surface area contributed by atoms with Gasteiger partial charge in [0, 0.05) is 21.7 Å². The fourth-order valence-electron chi connectivity index (χ4n) is 2.86. The normalized spacial score (nSPS) is 25.0. The van der Waals surface area contributed by atoms with Gasteiger partial charge in [0.05, 0.1) is 0 Å². The highest BCUT2D eigenvalue weighted by molar-refractivity contribution is 7.12. The lowest BCUT2D eigenvalue weighted by atomic mass is 9.81. The Morgan fingerprint density at radius 3 is 2.50 bits per heavy atom. The van der Waals surface area contributed by atoms with E-state index < -0.39 is 0 Å². The second-order valence-electron chi connectivity index (χ2n) is 7.03. The molecule has 1 saturated heterocycles. The topological polar surface area (TPSA) is 12.0 Å². The van der Waals surface area contributed by atoms with E-state index in [2.05, 4.69) is 52.1 Å². The Morgan fingerprint density at radius 2 is 2.06 bits per heavy atom. The summed E-state index contributed by atoms with van der Waals surface area (Å²) in [6.45, 7) is 12.8. The van der Waals surface area contributed by atoms with E-state index in [1.807, 2.05) is 11.3 Å². The molecule has 18 heavy (non-hydrogen) atoms. The van der Waals surface area contributed by atoms with Crippen molar-refractivity contribution in [1.82, 2.24) is 5.32 Å². The van der Waals surface area contributed by atoms with E-state index in [1.165, 1.54) is 30.7 Å². The standard InChI is InChI=1S/C16H27NS/c1-12(2)16(9-6-10-17-16)11-13-7-8-14(18-13)15(3,4)5/h7-8,12,17H,6,9-11H2,1-5H3. The minimum absolute atomic E-state index is 0.289. The molecular weight excluding hydrogens is 238 g/mol. The van der Waals surface area contributed by atoms with Crippen molar-refractivity contribution in [2.24, 2.45) is 5.92 Å². The van der Waals surface area contributed by atoms with E-state index in [0.29, 0.717) is 11.5 Å². The summed E-state index contributed by atoms with van der Waals surface area (Å²) in [4.78, 5) is 3.05. The number of hydrogen-bond donors (Lipinski definition) is 1. The largest absolute Gasteiger partial charge is 0.311 e. The Labute approximate surface area is 116 Å². The van der Waals surface area contributed by atoms with Crippen LogP contribution >= 0.6 is 11.3 Å². The summed E-state index contributed by atoms with van der Waals surface area (Å²) in [6, 6.07) is 4.67. The van der Waals surface area contributed by atoms with Gasteiger partial charge < -0.3 is 5.32 Å². The minimum atomic E-state index is 0.289. The highest BCUT2D eigenvalue weighted by Crippen LogP contribution is 2.36. The molecule has 1 nitrogen and oxygen atoms in total. The molecule has 1 unspecified atom stereocenters. The Balaban J connectivity index is 2.15. The van der Waals surface area contributed by atoms with Crippen molar-refractivity contribution in [3.63, 3.8) is 0 Å². The van der Waals surface area contributed by atoms with Gasteiger partial charge in [-0.25, -0.2) is 0 Å². The first-order valence-corrected chi connectivity index (χ1v) is 7.99. The van der Waals surface area contributed by atoms with Crippen molar-refractivity contribution in [1.29, 1.82) is 0 Å². The Hall–Kier alpha value is -0.340. The number of thiophene rings is 1. The Bertz CT molecular complexity index is 391. The van der Waals surface area contributed by atoms with E-state index >= 15 is 0 Å². The smallest absolute Gasteiger partial charge is 0.0253 e. The molecular formula is C16H27NS. The van der Waals surface area contributed by atoms with Crippen LogP contribution in [0.25, 0.3) is 0 Å². The molecule has 0 amide bonds. The van der Waals surface area contributed by atoms with Crippen molar-refractivity contribution in [2.75, 3.05) is 6.54 Å². The first kappa shape index (κ1) is 14.1. The van der Waals surface area contributed by atoms with E-state index in [0.717, 1.165) is 0 Å². The zero-order valence-electron chi connectivity index (χ0n) is 12.5. The second-order valence-corrected chi connectivity index (χ2v) is 8.20. The summed E-state index contributed by atoms with van der Waals surface area (Å²) >= 11 is 2.00. The molecule has 1 aliphatic heterocycles. The summed E-state index contributed by atoms with van der Waals surface area (Å²) in [7, 11) is 0. The minimum Gasteiger partial charge on any atom is -0.311 e. The van der Waals surface area contributed by atoms with Gasteiger partial charge in [-0.3, -0.25) is 0 Å². The van der Waals surface area contributed by atoms with Crippen LogP contribution in [0.15, 0.2) is 12.1 Å². The van der Waals surface area contributed by atoms with Gasteiger partial charge in [-0.2, -0.15) is 0 Å². The van der Waals surface area contributed by atoms with Crippen molar-refractivity contribution in [3.05, 3.63) is 21.9 Å². The predicted molar refractivity (Wildman–Crippen MR) is 81.5 cm³/mol. The molecule has 0 radical (unpaired) electrons. The van der Waals surface area contributed by atoms with Gasteiger partial charge in [0.1, 0.15) is 0 Å². The van der Waals surface area contributed by atoms with Crippen LogP contribution in [0.5, 0.6) is 0 Å². The fourth-order valence-corrected chi connectivity index (χ4v) is 4.05. The third-order valence-corrected chi connectivity index (χ3v) is 5.78. The molecule has 1 atom stereocenters. The SMILES string of the molecule is CC(C)C1(Cc2ccc(C(C)(C)C)s2)CCCN1. The summed E-state index contributed by atoms with van der Waals surface area (Å²) in [5, 5.41) is 3.77. The molecule has 2 heteroatoms. The molecule has 2 rings (SSSR count). The average molecular weight is 265 g/mol. The monoisotopic (exact) mass is 265 g/mol. The van der Waals surface area contributed by atoms with Gasteiger partial charge in [-0.1, -0.05) is 34.6 Å². The molecule has 1 aliphatic rings. The zero-order valence-corrected chi connectivity index (χ0v) is 13.3. The molecule has 1 aromatic rings.